The monoisotopic (exact) mass is 221 g/mol. The van der Waals surface area contributed by atoms with Gasteiger partial charge in [-0.05, 0) is 13.8 Å². The molecule has 0 saturated heterocycles. The fourth-order valence-electron chi connectivity index (χ4n) is 0.792. The number of carbonyl (C=O) groups excluding carboxylic acids is 1. The van der Waals surface area contributed by atoms with E-state index in [1.807, 2.05) is 6.92 Å². The smallest absolute Gasteiger partial charge is 0.246 e. The molecule has 6 nitrogen and oxygen atoms in total. The number of aliphatic hydroxyl groups is 2. The van der Waals surface area contributed by atoms with Crippen LogP contribution in [0.3, 0.4) is 0 Å². The van der Waals surface area contributed by atoms with Crippen molar-refractivity contribution in [2.24, 2.45) is 0 Å². The summed E-state index contributed by atoms with van der Waals surface area (Å²) in [6.45, 7) is 3.84. The highest BCUT2D eigenvalue weighted by Gasteiger charge is 2.07. The van der Waals surface area contributed by atoms with Gasteiger partial charge in [0.25, 0.3) is 0 Å². The minimum Gasteiger partial charge on any atom is -0.389 e. The predicted molar refractivity (Wildman–Crippen MR) is 53.1 cm³/mol. The summed E-state index contributed by atoms with van der Waals surface area (Å²) in [7, 11) is 0. The first-order valence-corrected chi connectivity index (χ1v) is 4.88. The van der Waals surface area contributed by atoms with Gasteiger partial charge in [-0.2, -0.15) is 0 Å². The summed E-state index contributed by atoms with van der Waals surface area (Å²) in [4.78, 5) is 11.0. The maximum absolute atomic E-state index is 11.0. The predicted octanol–water partition coefficient (Wildman–Crippen LogP) is -1.15. The van der Waals surface area contributed by atoms with E-state index in [9.17, 15) is 9.90 Å². The van der Waals surface area contributed by atoms with E-state index in [0.717, 1.165) is 0 Å². The van der Waals surface area contributed by atoms with Crippen LogP contribution in [-0.4, -0.2) is 54.9 Å². The van der Waals surface area contributed by atoms with Gasteiger partial charge in [0.2, 0.25) is 5.91 Å². The molecule has 0 aromatic rings. The highest BCUT2D eigenvalue weighted by atomic mass is 16.6. The second-order valence-electron chi connectivity index (χ2n) is 3.03. The second kappa shape index (κ2) is 8.60. The fourth-order valence-corrected chi connectivity index (χ4v) is 0.792. The summed E-state index contributed by atoms with van der Waals surface area (Å²) < 4.78 is 9.60. The maximum atomic E-state index is 11.0. The first-order valence-electron chi connectivity index (χ1n) is 4.88. The number of amides is 1. The Morgan fingerprint density at radius 2 is 2.13 bits per heavy atom. The van der Waals surface area contributed by atoms with Crippen LogP contribution >= 0.6 is 0 Å². The van der Waals surface area contributed by atoms with Crippen molar-refractivity contribution in [3.63, 3.8) is 0 Å². The first-order chi connectivity index (χ1) is 7.06. The topological polar surface area (TPSA) is 88.0 Å². The first kappa shape index (κ1) is 14.3. The lowest BCUT2D eigenvalue weighted by molar-refractivity contribution is -0.138. The molecule has 6 heteroatoms. The molecule has 0 aliphatic carbocycles. The van der Waals surface area contributed by atoms with Gasteiger partial charge in [0.1, 0.15) is 6.61 Å². The zero-order chi connectivity index (χ0) is 11.7. The quantitative estimate of drug-likeness (QED) is 0.451. The summed E-state index contributed by atoms with van der Waals surface area (Å²) in [5.41, 5.74) is 0. The SMILES string of the molecule is CCOCC(O)CNC(=O)COC(C)O. The van der Waals surface area contributed by atoms with Crippen molar-refractivity contribution in [2.75, 3.05) is 26.4 Å². The van der Waals surface area contributed by atoms with Crippen LogP contribution in [-0.2, 0) is 14.3 Å². The highest BCUT2D eigenvalue weighted by Crippen LogP contribution is 1.86. The van der Waals surface area contributed by atoms with Crippen molar-refractivity contribution in [3.05, 3.63) is 0 Å². The van der Waals surface area contributed by atoms with Gasteiger partial charge in [0.05, 0.1) is 12.7 Å². The highest BCUT2D eigenvalue weighted by molar-refractivity contribution is 5.77. The number of aliphatic hydroxyl groups excluding tert-OH is 2. The van der Waals surface area contributed by atoms with Crippen LogP contribution in [0.2, 0.25) is 0 Å². The van der Waals surface area contributed by atoms with E-state index >= 15 is 0 Å². The Morgan fingerprint density at radius 1 is 1.47 bits per heavy atom. The lowest BCUT2D eigenvalue weighted by Crippen LogP contribution is -2.37. The minimum atomic E-state index is -0.968. The Balaban J connectivity index is 3.44. The number of rotatable bonds is 8. The van der Waals surface area contributed by atoms with Crippen molar-refractivity contribution in [1.82, 2.24) is 5.32 Å². The third-order valence-corrected chi connectivity index (χ3v) is 1.50. The number of nitrogens with one attached hydrogen (secondary N) is 1. The maximum Gasteiger partial charge on any atom is 0.246 e. The van der Waals surface area contributed by atoms with E-state index in [4.69, 9.17) is 9.84 Å². The van der Waals surface area contributed by atoms with Crippen molar-refractivity contribution in [1.29, 1.82) is 0 Å². The Kier molecular flexibility index (Phi) is 8.21. The largest absolute Gasteiger partial charge is 0.389 e. The van der Waals surface area contributed by atoms with Gasteiger partial charge in [-0.1, -0.05) is 0 Å². The van der Waals surface area contributed by atoms with E-state index in [2.05, 4.69) is 10.1 Å². The minimum absolute atomic E-state index is 0.113. The molecular formula is C9H19NO5. The lowest BCUT2D eigenvalue weighted by Gasteiger charge is -2.12. The summed E-state index contributed by atoms with van der Waals surface area (Å²) in [6.07, 6.45) is -1.69. The standard InChI is InChI=1S/C9H19NO5/c1-3-14-5-8(12)4-10-9(13)6-15-7(2)11/h7-8,11-12H,3-6H2,1-2H3,(H,10,13). The molecule has 3 N–H and O–H groups in total. The van der Waals surface area contributed by atoms with Crippen molar-refractivity contribution in [3.8, 4) is 0 Å². The molecule has 1 amide bonds. The molecule has 0 saturated carbocycles. The van der Waals surface area contributed by atoms with Crippen molar-refractivity contribution >= 4 is 5.91 Å². The number of carbonyl (C=O) groups is 1. The molecule has 0 spiro atoms. The molecule has 0 aromatic heterocycles. The zero-order valence-corrected chi connectivity index (χ0v) is 9.10. The molecular weight excluding hydrogens is 202 g/mol. The van der Waals surface area contributed by atoms with Gasteiger partial charge in [0, 0.05) is 13.2 Å². The summed E-state index contributed by atoms with van der Waals surface area (Å²) >= 11 is 0. The molecule has 0 radical (unpaired) electrons. The van der Waals surface area contributed by atoms with Crippen LogP contribution < -0.4 is 5.32 Å². The molecule has 0 aliphatic heterocycles. The van der Waals surface area contributed by atoms with E-state index in [0.29, 0.717) is 6.61 Å². The molecule has 0 heterocycles. The molecule has 0 fully saturated rings. The third-order valence-electron chi connectivity index (χ3n) is 1.50. The summed E-state index contributed by atoms with van der Waals surface area (Å²) in [6, 6.07) is 0. The molecule has 2 atom stereocenters. The van der Waals surface area contributed by atoms with Crippen LogP contribution in [0.15, 0.2) is 0 Å². The molecule has 0 bridgehead atoms. The molecule has 0 aromatic carbocycles. The molecule has 15 heavy (non-hydrogen) atoms. The molecule has 2 unspecified atom stereocenters. The van der Waals surface area contributed by atoms with Gasteiger partial charge < -0.3 is 25.0 Å². The Labute approximate surface area is 89.2 Å². The molecule has 0 aliphatic rings. The van der Waals surface area contributed by atoms with Crippen LogP contribution in [0.1, 0.15) is 13.8 Å². The second-order valence-corrected chi connectivity index (χ2v) is 3.03. The molecule has 90 valence electrons. The number of hydrogen-bond donors (Lipinski definition) is 3. The number of hydrogen-bond acceptors (Lipinski definition) is 5. The van der Waals surface area contributed by atoms with Gasteiger partial charge in [-0.3, -0.25) is 4.79 Å². The summed E-state index contributed by atoms with van der Waals surface area (Å²) in [5.74, 6) is -0.383. The number of ether oxygens (including phenoxy) is 2. The normalized spacial score (nSPS) is 14.7. The van der Waals surface area contributed by atoms with E-state index in [1.165, 1.54) is 6.92 Å². The average molecular weight is 221 g/mol. The average Bonchev–Trinajstić information content (AvgIpc) is 2.20. The molecule has 0 rings (SSSR count). The Morgan fingerprint density at radius 3 is 2.67 bits per heavy atom. The Hall–Kier alpha value is -0.690. The van der Waals surface area contributed by atoms with Crippen LogP contribution in [0.4, 0.5) is 0 Å². The van der Waals surface area contributed by atoms with E-state index in [1.54, 1.807) is 0 Å². The zero-order valence-electron chi connectivity index (χ0n) is 9.10. The van der Waals surface area contributed by atoms with Crippen LogP contribution in [0.5, 0.6) is 0 Å². The van der Waals surface area contributed by atoms with E-state index < -0.39 is 12.4 Å². The van der Waals surface area contributed by atoms with Gasteiger partial charge >= 0.3 is 0 Å². The third kappa shape index (κ3) is 9.61. The van der Waals surface area contributed by atoms with Gasteiger partial charge in [0.15, 0.2) is 6.29 Å². The summed E-state index contributed by atoms with van der Waals surface area (Å²) in [5, 5.41) is 20.4. The van der Waals surface area contributed by atoms with Gasteiger partial charge in [-0.15, -0.1) is 0 Å². The van der Waals surface area contributed by atoms with E-state index in [-0.39, 0.29) is 25.7 Å². The Bertz CT molecular complexity index is 174. The van der Waals surface area contributed by atoms with Crippen LogP contribution in [0, 0.1) is 0 Å². The lowest BCUT2D eigenvalue weighted by atomic mass is 10.4. The van der Waals surface area contributed by atoms with Gasteiger partial charge in [-0.25, -0.2) is 0 Å². The van der Waals surface area contributed by atoms with Crippen LogP contribution in [0.25, 0.3) is 0 Å². The van der Waals surface area contributed by atoms with Crippen molar-refractivity contribution in [2.45, 2.75) is 26.2 Å². The fraction of sp³-hybridized carbons (Fsp3) is 0.889. The van der Waals surface area contributed by atoms with Crippen molar-refractivity contribution < 1.29 is 24.5 Å².